The molecule has 0 amide bonds. The van der Waals surface area contributed by atoms with Gasteiger partial charge in [-0.15, -0.1) is 0 Å². The highest BCUT2D eigenvalue weighted by Gasteiger charge is 1.93. The van der Waals surface area contributed by atoms with Crippen LogP contribution >= 0.6 is 0 Å². The highest BCUT2D eigenvalue weighted by molar-refractivity contribution is 5.83. The maximum absolute atomic E-state index is 10.4. The predicted octanol–water partition coefficient (Wildman–Crippen LogP) is 1.72. The second-order valence-electron chi connectivity index (χ2n) is 4.16. The smallest absolute Gasteiger partial charge is 0.0668 e. The van der Waals surface area contributed by atoms with Crippen molar-refractivity contribution >= 4 is 5.97 Å². The van der Waals surface area contributed by atoms with Crippen molar-refractivity contribution in [3.05, 3.63) is 47.5 Å². The van der Waals surface area contributed by atoms with Crippen LogP contribution in [-0.4, -0.2) is 19.2 Å². The lowest BCUT2D eigenvalue weighted by atomic mass is 10.1. The molecule has 0 saturated carbocycles. The van der Waals surface area contributed by atoms with Gasteiger partial charge in [0.25, 0.3) is 0 Å². The van der Waals surface area contributed by atoms with Gasteiger partial charge in [0.2, 0.25) is 0 Å². The number of aryl methyl sites for hydroxylation is 1. The summed E-state index contributed by atoms with van der Waals surface area (Å²) in [7, 11) is 0. The number of carbonyl (C=O) groups excluding carboxylic acids is 1. The fourth-order valence-corrected chi connectivity index (χ4v) is 1.57. The Hall–Kier alpha value is -1.61. The minimum Gasteiger partial charge on any atom is -0.545 e. The molecule has 1 rings (SSSR count). The number of hydrogen-bond donors (Lipinski definition) is 0. The lowest BCUT2D eigenvalue weighted by molar-refractivity contribution is -0.299. The van der Waals surface area contributed by atoms with Crippen LogP contribution in [-0.2, 0) is 16.0 Å². The number of rotatable bonds is 8. The largest absolute Gasteiger partial charge is 0.545 e. The van der Waals surface area contributed by atoms with E-state index in [-0.39, 0.29) is 5.57 Å². The fourth-order valence-electron chi connectivity index (χ4n) is 1.57. The second-order valence-corrected chi connectivity index (χ2v) is 4.16. The Labute approximate surface area is 108 Å². The number of ether oxygens (including phenoxy) is 1. The third-order valence-electron chi connectivity index (χ3n) is 2.63. The van der Waals surface area contributed by atoms with Gasteiger partial charge in [-0.3, -0.25) is 0 Å². The van der Waals surface area contributed by atoms with E-state index in [4.69, 9.17) is 4.74 Å². The lowest BCUT2D eigenvalue weighted by Crippen LogP contribution is -2.23. The first-order chi connectivity index (χ1) is 8.70. The van der Waals surface area contributed by atoms with Crippen LogP contribution < -0.4 is 5.11 Å². The molecule has 0 aromatic heterocycles. The van der Waals surface area contributed by atoms with E-state index in [1.807, 2.05) is 18.2 Å². The summed E-state index contributed by atoms with van der Waals surface area (Å²) in [6.07, 6.45) is 4.24. The first kappa shape index (κ1) is 14.5. The monoisotopic (exact) mass is 247 g/mol. The molecule has 1 aromatic carbocycles. The Morgan fingerprint density at radius 1 is 1.28 bits per heavy atom. The van der Waals surface area contributed by atoms with Crippen molar-refractivity contribution in [1.29, 1.82) is 0 Å². The molecule has 0 aliphatic heterocycles. The standard InChI is InChI=1S/C15H20O3/c1-13(15(16)17)7-5-11-18-12-6-10-14-8-3-2-4-9-14/h2-4,7-9H,5-6,10-12H2,1H3,(H,16,17)/p-1/b13-7+. The van der Waals surface area contributed by atoms with E-state index >= 15 is 0 Å². The summed E-state index contributed by atoms with van der Waals surface area (Å²) in [5, 5.41) is 10.4. The zero-order valence-electron chi connectivity index (χ0n) is 10.7. The van der Waals surface area contributed by atoms with Gasteiger partial charge in [0.05, 0.1) is 12.6 Å². The normalized spacial score (nSPS) is 11.5. The lowest BCUT2D eigenvalue weighted by Gasteiger charge is -2.04. The molecule has 0 heterocycles. The van der Waals surface area contributed by atoms with E-state index in [9.17, 15) is 9.90 Å². The van der Waals surface area contributed by atoms with Gasteiger partial charge in [-0.05, 0) is 37.3 Å². The van der Waals surface area contributed by atoms with Crippen LogP contribution in [0.25, 0.3) is 0 Å². The van der Waals surface area contributed by atoms with Crippen molar-refractivity contribution in [2.24, 2.45) is 0 Å². The Balaban J connectivity index is 2.03. The van der Waals surface area contributed by atoms with Crippen molar-refractivity contribution < 1.29 is 14.6 Å². The van der Waals surface area contributed by atoms with Gasteiger partial charge in [0, 0.05) is 6.61 Å². The van der Waals surface area contributed by atoms with Gasteiger partial charge < -0.3 is 14.6 Å². The molecular formula is C15H19O3-. The van der Waals surface area contributed by atoms with Crippen molar-refractivity contribution in [1.82, 2.24) is 0 Å². The molecule has 18 heavy (non-hydrogen) atoms. The molecule has 0 atom stereocenters. The van der Waals surface area contributed by atoms with Gasteiger partial charge in [0.1, 0.15) is 0 Å². The third kappa shape index (κ3) is 6.21. The number of carboxylic acids is 1. The van der Waals surface area contributed by atoms with Crippen LogP contribution in [0.3, 0.4) is 0 Å². The summed E-state index contributed by atoms with van der Waals surface area (Å²) in [5.74, 6) is -1.11. The highest BCUT2D eigenvalue weighted by Crippen LogP contribution is 2.02. The minimum atomic E-state index is -1.11. The Kier molecular flexibility index (Phi) is 6.81. The average Bonchev–Trinajstić information content (AvgIpc) is 2.38. The molecule has 0 saturated heterocycles. The van der Waals surface area contributed by atoms with Gasteiger partial charge >= 0.3 is 0 Å². The van der Waals surface area contributed by atoms with Crippen LogP contribution in [0.2, 0.25) is 0 Å². The summed E-state index contributed by atoms with van der Waals surface area (Å²) in [5.41, 5.74) is 1.58. The van der Waals surface area contributed by atoms with Crippen LogP contribution in [0.4, 0.5) is 0 Å². The van der Waals surface area contributed by atoms with E-state index in [2.05, 4.69) is 12.1 Å². The molecule has 0 bridgehead atoms. The Morgan fingerprint density at radius 3 is 2.67 bits per heavy atom. The number of benzene rings is 1. The summed E-state index contributed by atoms with van der Waals surface area (Å²) in [4.78, 5) is 10.4. The van der Waals surface area contributed by atoms with E-state index in [1.54, 1.807) is 6.08 Å². The van der Waals surface area contributed by atoms with Crippen LogP contribution in [0.1, 0.15) is 25.3 Å². The third-order valence-corrected chi connectivity index (χ3v) is 2.63. The maximum Gasteiger partial charge on any atom is 0.0668 e. The number of carbonyl (C=O) groups is 1. The highest BCUT2D eigenvalue weighted by atomic mass is 16.5. The SMILES string of the molecule is C/C(=C\CCOCCCc1ccccc1)C(=O)[O-]. The zero-order valence-corrected chi connectivity index (χ0v) is 10.7. The van der Waals surface area contributed by atoms with Gasteiger partial charge in [-0.25, -0.2) is 0 Å². The topological polar surface area (TPSA) is 49.4 Å². The Morgan fingerprint density at radius 2 is 2.00 bits per heavy atom. The molecule has 0 fully saturated rings. The van der Waals surface area contributed by atoms with E-state index in [1.165, 1.54) is 12.5 Å². The predicted molar refractivity (Wildman–Crippen MR) is 69.0 cm³/mol. The van der Waals surface area contributed by atoms with Gasteiger partial charge in [-0.2, -0.15) is 0 Å². The van der Waals surface area contributed by atoms with Crippen molar-refractivity contribution in [2.45, 2.75) is 26.2 Å². The molecule has 0 spiro atoms. The number of aliphatic carboxylic acids is 1. The number of hydrogen-bond acceptors (Lipinski definition) is 3. The van der Waals surface area contributed by atoms with Crippen molar-refractivity contribution in [3.8, 4) is 0 Å². The molecule has 0 N–H and O–H groups in total. The summed E-state index contributed by atoms with van der Waals surface area (Å²) in [6, 6.07) is 10.3. The van der Waals surface area contributed by atoms with E-state index in [0.717, 1.165) is 12.8 Å². The minimum absolute atomic E-state index is 0.267. The first-order valence-electron chi connectivity index (χ1n) is 6.20. The number of carboxylic acid groups (broad SMARTS) is 1. The van der Waals surface area contributed by atoms with Crippen LogP contribution in [0.5, 0.6) is 0 Å². The molecule has 3 nitrogen and oxygen atoms in total. The average molecular weight is 247 g/mol. The maximum atomic E-state index is 10.4. The molecule has 1 aromatic rings. The summed E-state index contributed by atoms with van der Waals surface area (Å²) >= 11 is 0. The van der Waals surface area contributed by atoms with E-state index in [0.29, 0.717) is 19.6 Å². The summed E-state index contributed by atoms with van der Waals surface area (Å²) < 4.78 is 5.43. The van der Waals surface area contributed by atoms with Crippen LogP contribution in [0.15, 0.2) is 42.0 Å². The molecule has 0 aliphatic carbocycles. The van der Waals surface area contributed by atoms with Gasteiger partial charge in [0.15, 0.2) is 0 Å². The van der Waals surface area contributed by atoms with E-state index < -0.39 is 5.97 Å². The quantitative estimate of drug-likeness (QED) is 0.519. The fraction of sp³-hybridized carbons (Fsp3) is 0.400. The molecule has 0 aliphatic rings. The van der Waals surface area contributed by atoms with Crippen molar-refractivity contribution in [2.75, 3.05) is 13.2 Å². The second kappa shape index (κ2) is 8.48. The molecule has 0 radical (unpaired) electrons. The molecule has 0 unspecified atom stereocenters. The molecular weight excluding hydrogens is 228 g/mol. The first-order valence-corrected chi connectivity index (χ1v) is 6.20. The Bertz CT molecular complexity index is 382. The van der Waals surface area contributed by atoms with Gasteiger partial charge in [-0.1, -0.05) is 36.4 Å². The molecule has 98 valence electrons. The summed E-state index contributed by atoms with van der Waals surface area (Å²) in [6.45, 7) is 2.79. The zero-order chi connectivity index (χ0) is 13.2. The van der Waals surface area contributed by atoms with Crippen LogP contribution in [0, 0.1) is 0 Å². The molecule has 3 heteroatoms. The van der Waals surface area contributed by atoms with Crippen molar-refractivity contribution in [3.63, 3.8) is 0 Å².